The molecule has 1 atom stereocenters. The Morgan fingerprint density at radius 1 is 1.44 bits per heavy atom. The van der Waals surface area contributed by atoms with Gasteiger partial charge in [0.1, 0.15) is 9.84 Å². The second-order valence-corrected chi connectivity index (χ2v) is 8.16. The average molecular weight is 348 g/mol. The van der Waals surface area contributed by atoms with Gasteiger partial charge in [-0.05, 0) is 45.4 Å². The van der Waals surface area contributed by atoms with Crippen LogP contribution in [0.4, 0.5) is 0 Å². The molecular formula is C12H14BrNO2S2. The summed E-state index contributed by atoms with van der Waals surface area (Å²) in [6.07, 6.45) is 1.27. The smallest absolute Gasteiger partial charge is 0.149 e. The molecule has 1 unspecified atom stereocenters. The summed E-state index contributed by atoms with van der Waals surface area (Å²) in [6.45, 7) is 0. The van der Waals surface area contributed by atoms with Crippen LogP contribution in [-0.4, -0.2) is 27.5 Å². The fourth-order valence-corrected chi connectivity index (χ4v) is 4.57. The Morgan fingerprint density at radius 3 is 2.78 bits per heavy atom. The molecule has 0 fully saturated rings. The minimum Gasteiger partial charge on any atom is -0.312 e. The van der Waals surface area contributed by atoms with Gasteiger partial charge in [0.05, 0.1) is 5.75 Å². The van der Waals surface area contributed by atoms with Gasteiger partial charge in [0.2, 0.25) is 0 Å². The van der Waals surface area contributed by atoms with E-state index in [-0.39, 0.29) is 11.8 Å². The average Bonchev–Trinajstić information content (AvgIpc) is 2.70. The molecule has 1 aromatic carbocycles. The molecule has 18 heavy (non-hydrogen) atoms. The Morgan fingerprint density at radius 2 is 2.17 bits per heavy atom. The van der Waals surface area contributed by atoms with Crippen molar-refractivity contribution in [2.75, 3.05) is 19.1 Å². The molecule has 1 aromatic heterocycles. The molecule has 1 heterocycles. The fourth-order valence-electron chi connectivity index (χ4n) is 1.94. The largest absolute Gasteiger partial charge is 0.312 e. The topological polar surface area (TPSA) is 46.2 Å². The second-order valence-electron chi connectivity index (χ2n) is 4.24. The molecule has 1 N–H and O–H groups in total. The molecule has 0 radical (unpaired) electrons. The van der Waals surface area contributed by atoms with Gasteiger partial charge in [-0.3, -0.25) is 0 Å². The van der Waals surface area contributed by atoms with Gasteiger partial charge in [-0.15, -0.1) is 11.3 Å². The maximum absolute atomic E-state index is 11.5. The first-order chi connectivity index (χ1) is 8.42. The number of fused-ring (bicyclic) bond motifs is 1. The first-order valence-electron chi connectivity index (χ1n) is 5.43. The molecule has 0 spiro atoms. The zero-order chi connectivity index (χ0) is 13.3. The minimum absolute atomic E-state index is 0.113. The van der Waals surface area contributed by atoms with Crippen LogP contribution in [0, 0.1) is 0 Å². The number of thiophene rings is 1. The molecule has 0 aliphatic carbocycles. The van der Waals surface area contributed by atoms with E-state index in [0.29, 0.717) is 0 Å². The Kier molecular flexibility index (Phi) is 4.11. The predicted molar refractivity (Wildman–Crippen MR) is 81.0 cm³/mol. The fraction of sp³-hybridized carbons (Fsp3) is 0.333. The Bertz CT molecular complexity index is 664. The highest BCUT2D eigenvalue weighted by atomic mass is 79.9. The van der Waals surface area contributed by atoms with Crippen molar-refractivity contribution in [3.8, 4) is 0 Å². The van der Waals surface area contributed by atoms with E-state index in [9.17, 15) is 8.42 Å². The summed E-state index contributed by atoms with van der Waals surface area (Å²) in [5, 5.41) is 6.22. The van der Waals surface area contributed by atoms with Gasteiger partial charge in [-0.2, -0.15) is 0 Å². The molecule has 2 rings (SSSR count). The molecule has 0 aliphatic heterocycles. The lowest BCUT2D eigenvalue weighted by Gasteiger charge is -2.14. The molecule has 6 heteroatoms. The van der Waals surface area contributed by atoms with Crippen LogP contribution < -0.4 is 5.32 Å². The number of rotatable bonds is 4. The quantitative estimate of drug-likeness (QED) is 0.924. The van der Waals surface area contributed by atoms with Crippen LogP contribution >= 0.6 is 27.3 Å². The third-order valence-corrected chi connectivity index (χ3v) is 5.68. The molecule has 0 bridgehead atoms. The lowest BCUT2D eigenvalue weighted by molar-refractivity contribution is 0.581. The molecule has 2 aromatic rings. The van der Waals surface area contributed by atoms with Gasteiger partial charge in [-0.1, -0.05) is 12.1 Å². The van der Waals surface area contributed by atoms with Crippen LogP contribution in [0.1, 0.15) is 11.6 Å². The number of hydrogen-bond donors (Lipinski definition) is 1. The summed E-state index contributed by atoms with van der Waals surface area (Å²) in [5.74, 6) is 0.113. The van der Waals surface area contributed by atoms with Crippen molar-refractivity contribution in [2.45, 2.75) is 6.04 Å². The summed E-state index contributed by atoms with van der Waals surface area (Å²) in [5.41, 5.74) is 1.05. The first kappa shape index (κ1) is 14.0. The maximum Gasteiger partial charge on any atom is 0.149 e. The highest BCUT2D eigenvalue weighted by Crippen LogP contribution is 2.35. The number of nitrogens with one attached hydrogen (secondary N) is 1. The lowest BCUT2D eigenvalue weighted by atomic mass is 10.1. The summed E-state index contributed by atoms with van der Waals surface area (Å²) >= 11 is 5.14. The second kappa shape index (κ2) is 5.28. The summed E-state index contributed by atoms with van der Waals surface area (Å²) < 4.78 is 25.1. The van der Waals surface area contributed by atoms with Crippen molar-refractivity contribution >= 4 is 47.2 Å². The van der Waals surface area contributed by atoms with Crippen LogP contribution in [0.5, 0.6) is 0 Å². The monoisotopic (exact) mass is 347 g/mol. The lowest BCUT2D eigenvalue weighted by Crippen LogP contribution is -2.24. The van der Waals surface area contributed by atoms with E-state index in [1.165, 1.54) is 6.26 Å². The van der Waals surface area contributed by atoms with Crippen molar-refractivity contribution in [1.82, 2.24) is 5.32 Å². The van der Waals surface area contributed by atoms with E-state index >= 15 is 0 Å². The van der Waals surface area contributed by atoms with Gasteiger partial charge in [0.25, 0.3) is 0 Å². The van der Waals surface area contributed by atoms with Gasteiger partial charge in [-0.25, -0.2) is 8.42 Å². The van der Waals surface area contributed by atoms with E-state index < -0.39 is 9.84 Å². The summed E-state index contributed by atoms with van der Waals surface area (Å²) in [7, 11) is -1.22. The van der Waals surface area contributed by atoms with Crippen LogP contribution in [0.15, 0.2) is 28.1 Å². The number of sulfone groups is 1. The van der Waals surface area contributed by atoms with Crippen LogP contribution in [0.3, 0.4) is 0 Å². The molecule has 98 valence electrons. The zero-order valence-electron chi connectivity index (χ0n) is 10.1. The van der Waals surface area contributed by atoms with Gasteiger partial charge >= 0.3 is 0 Å². The molecular weight excluding hydrogens is 334 g/mol. The van der Waals surface area contributed by atoms with Crippen molar-refractivity contribution < 1.29 is 8.42 Å². The predicted octanol–water partition coefficient (Wildman–Crippen LogP) is 2.97. The zero-order valence-corrected chi connectivity index (χ0v) is 13.3. The van der Waals surface area contributed by atoms with E-state index in [1.807, 2.05) is 23.6 Å². The third-order valence-electron chi connectivity index (χ3n) is 2.78. The van der Waals surface area contributed by atoms with Crippen LogP contribution in [-0.2, 0) is 9.84 Å². The Hall–Kier alpha value is -0.430. The van der Waals surface area contributed by atoms with E-state index in [1.54, 1.807) is 18.4 Å². The normalized spacial score (nSPS) is 13.9. The molecule has 0 saturated heterocycles. The number of hydrogen-bond acceptors (Lipinski definition) is 4. The van der Waals surface area contributed by atoms with Crippen molar-refractivity contribution in [2.24, 2.45) is 0 Å². The van der Waals surface area contributed by atoms with Crippen LogP contribution in [0.25, 0.3) is 10.1 Å². The first-order valence-corrected chi connectivity index (χ1v) is 9.16. The SMILES string of the molecule is CNC(CS(C)(=O)=O)c1csc2c(Br)cccc12. The standard InChI is InChI=1S/C12H14BrNO2S2/c1-14-11(7-18(2,15)16)9-6-17-12-8(9)4-3-5-10(12)13/h3-6,11,14H,7H2,1-2H3. The summed E-state index contributed by atoms with van der Waals surface area (Å²) in [6, 6.07) is 5.82. The molecule has 0 saturated carbocycles. The van der Waals surface area contributed by atoms with E-state index in [2.05, 4.69) is 21.2 Å². The van der Waals surface area contributed by atoms with Crippen LogP contribution in [0.2, 0.25) is 0 Å². The van der Waals surface area contributed by atoms with Crippen molar-refractivity contribution in [3.05, 3.63) is 33.6 Å². The van der Waals surface area contributed by atoms with Gasteiger partial charge in [0.15, 0.2) is 0 Å². The molecule has 0 aliphatic rings. The molecule has 0 amide bonds. The van der Waals surface area contributed by atoms with Gasteiger partial charge < -0.3 is 5.32 Å². The maximum atomic E-state index is 11.5. The van der Waals surface area contributed by atoms with E-state index in [4.69, 9.17) is 0 Å². The third kappa shape index (κ3) is 2.93. The van der Waals surface area contributed by atoms with Gasteiger partial charge in [0, 0.05) is 21.5 Å². The van der Waals surface area contributed by atoms with Crippen molar-refractivity contribution in [3.63, 3.8) is 0 Å². The number of halogens is 1. The highest BCUT2D eigenvalue weighted by Gasteiger charge is 2.19. The Labute approximate surface area is 119 Å². The highest BCUT2D eigenvalue weighted by molar-refractivity contribution is 9.10. The van der Waals surface area contributed by atoms with Crippen molar-refractivity contribution in [1.29, 1.82) is 0 Å². The Balaban J connectivity index is 2.49. The molecule has 3 nitrogen and oxygen atoms in total. The summed E-state index contributed by atoms with van der Waals surface area (Å²) in [4.78, 5) is 0. The number of benzene rings is 1. The minimum atomic E-state index is -3.01. The van der Waals surface area contributed by atoms with E-state index in [0.717, 1.165) is 20.1 Å².